The quantitative estimate of drug-likeness (QED) is 0.300. The molecule has 0 radical (unpaired) electrons. The van der Waals surface area contributed by atoms with Crippen LogP contribution in [-0.2, 0) is 6.54 Å². The van der Waals surface area contributed by atoms with Crippen LogP contribution in [0.4, 0.5) is 5.69 Å². The Morgan fingerprint density at radius 2 is 1.68 bits per heavy atom. The number of rotatable bonds is 8. The topological polar surface area (TPSA) is 81.3 Å². The molecular weight excluding hydrogens is 507 g/mol. The summed E-state index contributed by atoms with van der Waals surface area (Å²) in [4.78, 5) is 7.04. The van der Waals surface area contributed by atoms with Crippen LogP contribution >= 0.6 is 24.0 Å². The van der Waals surface area contributed by atoms with Crippen molar-refractivity contribution in [1.82, 2.24) is 4.90 Å². The number of aliphatic imine (C=N–C) groups is 1. The normalized spacial score (nSPS) is 15.1. The van der Waals surface area contributed by atoms with E-state index >= 15 is 0 Å². The van der Waals surface area contributed by atoms with Crippen LogP contribution in [0.2, 0.25) is 0 Å². The van der Waals surface area contributed by atoms with E-state index in [0.717, 1.165) is 50.5 Å². The van der Waals surface area contributed by atoms with Gasteiger partial charge < -0.3 is 25.3 Å². The summed E-state index contributed by atoms with van der Waals surface area (Å²) in [7, 11) is 4.92. The Labute approximate surface area is 202 Å². The molecule has 0 aromatic heterocycles. The Morgan fingerprint density at radius 1 is 1.00 bits per heavy atom. The maximum Gasteiger partial charge on any atom is 0.193 e. The summed E-state index contributed by atoms with van der Waals surface area (Å²) < 4.78 is 15.8. The summed E-state index contributed by atoms with van der Waals surface area (Å²) in [5, 5.41) is 3.13. The highest BCUT2D eigenvalue weighted by Gasteiger charge is 2.19. The molecule has 7 nitrogen and oxygen atoms in total. The summed E-state index contributed by atoms with van der Waals surface area (Å²) in [6.07, 6.45) is 2.26. The minimum Gasteiger partial charge on any atom is -0.497 e. The molecule has 2 aromatic rings. The molecule has 1 saturated heterocycles. The number of likely N-dealkylation sites (tertiary alicyclic amines) is 1. The molecule has 1 aliphatic heterocycles. The summed E-state index contributed by atoms with van der Waals surface area (Å²) in [5.74, 6) is 3.21. The highest BCUT2D eigenvalue weighted by Crippen LogP contribution is 2.29. The zero-order valence-corrected chi connectivity index (χ0v) is 20.8. The number of benzene rings is 2. The number of halogens is 1. The predicted molar refractivity (Wildman–Crippen MR) is 136 cm³/mol. The summed E-state index contributed by atoms with van der Waals surface area (Å²) in [6, 6.07) is 13.9. The molecule has 0 atom stereocenters. The number of piperidine rings is 1. The second kappa shape index (κ2) is 12.6. The first kappa shape index (κ1) is 25.1. The number of hydrogen-bond donors (Lipinski definition) is 2. The Morgan fingerprint density at radius 3 is 2.29 bits per heavy atom. The van der Waals surface area contributed by atoms with Crippen LogP contribution in [0, 0.1) is 5.92 Å². The first-order valence-corrected chi connectivity index (χ1v) is 10.3. The number of nitrogens with two attached hydrogens (primary N) is 1. The second-order valence-corrected chi connectivity index (χ2v) is 7.49. The van der Waals surface area contributed by atoms with E-state index in [4.69, 9.17) is 19.9 Å². The van der Waals surface area contributed by atoms with Crippen molar-refractivity contribution in [2.45, 2.75) is 19.4 Å². The fourth-order valence-electron chi connectivity index (χ4n) is 3.65. The molecule has 1 aliphatic rings. The van der Waals surface area contributed by atoms with Crippen LogP contribution in [0.15, 0.2) is 47.5 Å². The second-order valence-electron chi connectivity index (χ2n) is 7.49. The minimum atomic E-state index is 0. The van der Waals surface area contributed by atoms with Gasteiger partial charge in [-0.2, -0.15) is 0 Å². The van der Waals surface area contributed by atoms with E-state index in [1.54, 1.807) is 21.3 Å². The van der Waals surface area contributed by atoms with E-state index in [0.29, 0.717) is 23.4 Å². The molecule has 31 heavy (non-hydrogen) atoms. The van der Waals surface area contributed by atoms with E-state index < -0.39 is 0 Å². The number of ether oxygens (including phenoxy) is 3. The number of anilines is 1. The molecule has 0 spiro atoms. The zero-order valence-electron chi connectivity index (χ0n) is 18.5. The summed E-state index contributed by atoms with van der Waals surface area (Å²) >= 11 is 0. The Bertz CT molecular complexity index is 837. The van der Waals surface area contributed by atoms with Crippen LogP contribution in [0.25, 0.3) is 0 Å². The number of hydrogen-bond acceptors (Lipinski definition) is 5. The number of methoxy groups -OCH3 is 3. The van der Waals surface area contributed by atoms with Gasteiger partial charge >= 0.3 is 0 Å². The first-order chi connectivity index (χ1) is 14.6. The van der Waals surface area contributed by atoms with E-state index in [-0.39, 0.29) is 24.0 Å². The number of nitrogens with one attached hydrogen (secondary N) is 1. The highest BCUT2D eigenvalue weighted by atomic mass is 127. The number of guanidine groups is 1. The lowest BCUT2D eigenvalue weighted by atomic mass is 9.96. The maximum atomic E-state index is 6.08. The molecule has 1 heterocycles. The largest absolute Gasteiger partial charge is 0.497 e. The van der Waals surface area contributed by atoms with Crippen LogP contribution in [0.1, 0.15) is 18.4 Å². The fraction of sp³-hybridized carbons (Fsp3) is 0.435. The van der Waals surface area contributed by atoms with Gasteiger partial charge in [0.1, 0.15) is 5.75 Å². The molecule has 8 heteroatoms. The Kier molecular flexibility index (Phi) is 10.2. The standard InChI is InChI=1S/C23H32N4O3.HI/c1-28-20-7-4-18(5-8-20)16-27-12-10-17(11-13-27)15-25-23(24)26-19-6-9-21(29-2)22(14-19)30-3;/h4-9,14,17H,10-13,15-16H2,1-3H3,(H3,24,25,26);1H. The van der Waals surface area contributed by atoms with E-state index in [9.17, 15) is 0 Å². The first-order valence-electron chi connectivity index (χ1n) is 10.3. The van der Waals surface area contributed by atoms with Gasteiger partial charge in [-0.1, -0.05) is 12.1 Å². The van der Waals surface area contributed by atoms with Crippen molar-refractivity contribution < 1.29 is 14.2 Å². The van der Waals surface area contributed by atoms with Crippen molar-refractivity contribution in [1.29, 1.82) is 0 Å². The van der Waals surface area contributed by atoms with E-state index in [1.807, 2.05) is 30.3 Å². The lowest BCUT2D eigenvalue weighted by Crippen LogP contribution is -2.34. The fourth-order valence-corrected chi connectivity index (χ4v) is 3.65. The molecule has 0 aliphatic carbocycles. The lowest BCUT2D eigenvalue weighted by Gasteiger charge is -2.31. The Hall–Kier alpha value is -2.20. The predicted octanol–water partition coefficient (Wildman–Crippen LogP) is 3.97. The van der Waals surface area contributed by atoms with Gasteiger partial charge in [0.05, 0.1) is 21.3 Å². The molecule has 0 amide bonds. The van der Waals surface area contributed by atoms with E-state index in [2.05, 4.69) is 27.3 Å². The van der Waals surface area contributed by atoms with Crippen LogP contribution in [0.5, 0.6) is 17.2 Å². The molecule has 1 fully saturated rings. The van der Waals surface area contributed by atoms with Gasteiger partial charge in [-0.3, -0.25) is 9.89 Å². The van der Waals surface area contributed by atoms with Gasteiger partial charge in [-0.15, -0.1) is 24.0 Å². The lowest BCUT2D eigenvalue weighted by molar-refractivity contribution is 0.180. The third kappa shape index (κ3) is 7.46. The van der Waals surface area contributed by atoms with E-state index in [1.165, 1.54) is 5.56 Å². The van der Waals surface area contributed by atoms with Crippen molar-refractivity contribution in [3.05, 3.63) is 48.0 Å². The molecular formula is C23H33IN4O3. The monoisotopic (exact) mass is 540 g/mol. The van der Waals surface area contributed by atoms with Crippen molar-refractivity contribution in [2.75, 3.05) is 46.3 Å². The molecule has 170 valence electrons. The average Bonchev–Trinajstić information content (AvgIpc) is 2.79. The van der Waals surface area contributed by atoms with Crippen LogP contribution < -0.4 is 25.3 Å². The van der Waals surface area contributed by atoms with Crippen molar-refractivity contribution in [2.24, 2.45) is 16.6 Å². The molecule has 0 bridgehead atoms. The third-order valence-corrected chi connectivity index (χ3v) is 5.45. The molecule has 3 N–H and O–H groups in total. The average molecular weight is 540 g/mol. The SMILES string of the molecule is COc1ccc(CN2CCC(CN=C(N)Nc3ccc(OC)c(OC)c3)CC2)cc1.I. The zero-order chi connectivity index (χ0) is 21.3. The molecule has 0 saturated carbocycles. The van der Waals surface area contributed by atoms with Crippen molar-refractivity contribution >= 4 is 35.6 Å². The smallest absolute Gasteiger partial charge is 0.193 e. The number of nitrogens with zero attached hydrogens (tertiary/aromatic N) is 2. The van der Waals surface area contributed by atoms with Crippen molar-refractivity contribution in [3.63, 3.8) is 0 Å². The highest BCUT2D eigenvalue weighted by molar-refractivity contribution is 14.0. The van der Waals surface area contributed by atoms with Gasteiger partial charge in [-0.25, -0.2) is 0 Å². The van der Waals surface area contributed by atoms with Gasteiger partial charge in [-0.05, 0) is 61.7 Å². The maximum absolute atomic E-state index is 6.08. The Balaban J connectivity index is 0.00000341. The molecule has 3 rings (SSSR count). The van der Waals surface area contributed by atoms with Crippen molar-refractivity contribution in [3.8, 4) is 17.2 Å². The van der Waals surface area contributed by atoms with Gasteiger partial charge in [0.25, 0.3) is 0 Å². The molecule has 2 aromatic carbocycles. The van der Waals surface area contributed by atoms with Crippen LogP contribution in [0.3, 0.4) is 0 Å². The van der Waals surface area contributed by atoms with Crippen LogP contribution in [-0.4, -0.2) is 51.8 Å². The summed E-state index contributed by atoms with van der Waals surface area (Å²) in [5.41, 5.74) is 8.22. The van der Waals surface area contributed by atoms with Gasteiger partial charge in [0.15, 0.2) is 17.5 Å². The minimum absolute atomic E-state index is 0. The third-order valence-electron chi connectivity index (χ3n) is 5.45. The molecule has 0 unspecified atom stereocenters. The summed E-state index contributed by atoms with van der Waals surface area (Å²) in [6.45, 7) is 3.87. The van der Waals surface area contributed by atoms with Gasteiger partial charge in [0.2, 0.25) is 0 Å². The van der Waals surface area contributed by atoms with Gasteiger partial charge in [0, 0.05) is 24.8 Å².